The fourth-order valence-electron chi connectivity index (χ4n) is 3.09. The molecule has 6 heteroatoms. The number of hydrogen-bond donors (Lipinski definition) is 1. The van der Waals surface area contributed by atoms with Crippen molar-refractivity contribution in [2.24, 2.45) is 0 Å². The van der Waals surface area contributed by atoms with E-state index in [4.69, 9.17) is 11.6 Å². The van der Waals surface area contributed by atoms with Gasteiger partial charge >= 0.3 is 5.97 Å². The summed E-state index contributed by atoms with van der Waals surface area (Å²) in [7, 11) is 0. The molecule has 0 saturated carbocycles. The third-order valence-electron chi connectivity index (χ3n) is 4.26. The summed E-state index contributed by atoms with van der Waals surface area (Å²) in [5.74, 6) is -1.19. The molecule has 0 aliphatic rings. The van der Waals surface area contributed by atoms with Gasteiger partial charge in [0.2, 0.25) is 0 Å². The van der Waals surface area contributed by atoms with E-state index in [2.05, 4.69) is 0 Å². The van der Waals surface area contributed by atoms with Gasteiger partial charge in [0.1, 0.15) is 5.82 Å². The third kappa shape index (κ3) is 3.39. The Morgan fingerprint density at radius 2 is 1.92 bits per heavy atom. The normalized spacial score (nSPS) is 11.2. The van der Waals surface area contributed by atoms with Gasteiger partial charge in [-0.15, -0.1) is 11.8 Å². The predicted molar refractivity (Wildman–Crippen MR) is 100 cm³/mol. The van der Waals surface area contributed by atoms with E-state index < -0.39 is 5.97 Å². The van der Waals surface area contributed by atoms with Crippen LogP contribution >= 0.6 is 23.4 Å². The van der Waals surface area contributed by atoms with Crippen molar-refractivity contribution in [2.45, 2.75) is 24.8 Å². The van der Waals surface area contributed by atoms with Gasteiger partial charge in [-0.3, -0.25) is 4.79 Å². The lowest BCUT2D eigenvalue weighted by atomic mass is 10.1. The van der Waals surface area contributed by atoms with Crippen LogP contribution in [0.3, 0.4) is 0 Å². The highest BCUT2D eigenvalue weighted by molar-refractivity contribution is 7.98. The van der Waals surface area contributed by atoms with Crippen LogP contribution in [-0.2, 0) is 17.8 Å². The summed E-state index contributed by atoms with van der Waals surface area (Å²) in [5, 5.41) is 10.8. The quantitative estimate of drug-likeness (QED) is 0.626. The maximum absolute atomic E-state index is 14.1. The number of nitrogens with zero attached hydrogens (tertiary/aromatic N) is 1. The summed E-state index contributed by atoms with van der Waals surface area (Å²) < 4.78 is 16.1. The molecule has 1 heterocycles. The van der Waals surface area contributed by atoms with Crippen LogP contribution in [0.5, 0.6) is 0 Å². The highest BCUT2D eigenvalue weighted by Crippen LogP contribution is 2.37. The standard InChI is InChI=1S/C19H17ClFNO2S/c1-11-14(21)7-8-15-18(11)19(25-2)16(9-17(23)24)22(15)10-12-3-5-13(20)6-4-12/h3-8H,9-10H2,1-2H3,(H,23,24). The molecular formula is C19H17ClFNO2S. The van der Waals surface area contributed by atoms with Crippen LogP contribution in [0.25, 0.3) is 10.9 Å². The average molecular weight is 378 g/mol. The van der Waals surface area contributed by atoms with Gasteiger partial charge in [0, 0.05) is 27.5 Å². The van der Waals surface area contributed by atoms with Gasteiger partial charge < -0.3 is 9.67 Å². The minimum absolute atomic E-state index is 0.112. The molecule has 0 radical (unpaired) electrons. The van der Waals surface area contributed by atoms with Crippen LogP contribution in [0.1, 0.15) is 16.8 Å². The van der Waals surface area contributed by atoms with E-state index in [1.807, 2.05) is 23.0 Å². The molecule has 0 saturated heterocycles. The number of carboxylic acids is 1. The molecule has 1 N–H and O–H groups in total. The first-order valence-electron chi connectivity index (χ1n) is 7.72. The molecule has 0 bridgehead atoms. The Hall–Kier alpha value is -1.98. The fraction of sp³-hybridized carbons (Fsp3) is 0.211. The van der Waals surface area contributed by atoms with Crippen molar-refractivity contribution in [3.63, 3.8) is 0 Å². The van der Waals surface area contributed by atoms with E-state index >= 15 is 0 Å². The molecule has 3 nitrogen and oxygen atoms in total. The fourth-order valence-corrected chi connectivity index (χ4v) is 4.09. The molecule has 0 aliphatic carbocycles. The Morgan fingerprint density at radius 1 is 1.24 bits per heavy atom. The molecule has 0 atom stereocenters. The van der Waals surface area contributed by atoms with Crippen molar-refractivity contribution in [1.82, 2.24) is 4.57 Å². The van der Waals surface area contributed by atoms with Crippen molar-refractivity contribution < 1.29 is 14.3 Å². The number of carbonyl (C=O) groups is 1. The zero-order valence-corrected chi connectivity index (χ0v) is 15.4. The van der Waals surface area contributed by atoms with Crippen LogP contribution in [0.2, 0.25) is 5.02 Å². The molecule has 25 heavy (non-hydrogen) atoms. The minimum Gasteiger partial charge on any atom is -0.481 e. The molecule has 3 aromatic rings. The van der Waals surface area contributed by atoms with Gasteiger partial charge in [-0.05, 0) is 48.6 Å². The summed E-state index contributed by atoms with van der Waals surface area (Å²) in [6.45, 7) is 2.23. The van der Waals surface area contributed by atoms with Crippen LogP contribution < -0.4 is 0 Å². The topological polar surface area (TPSA) is 42.2 Å². The highest BCUT2D eigenvalue weighted by atomic mass is 35.5. The second kappa shape index (κ2) is 7.10. The number of thioether (sulfide) groups is 1. The van der Waals surface area contributed by atoms with Crippen LogP contribution in [0, 0.1) is 12.7 Å². The number of fused-ring (bicyclic) bond motifs is 1. The zero-order chi connectivity index (χ0) is 18.1. The van der Waals surface area contributed by atoms with Crippen molar-refractivity contribution >= 4 is 40.2 Å². The number of rotatable bonds is 5. The van der Waals surface area contributed by atoms with Crippen LogP contribution in [-0.4, -0.2) is 21.9 Å². The average Bonchev–Trinajstić information content (AvgIpc) is 2.86. The monoisotopic (exact) mass is 377 g/mol. The SMILES string of the molecule is CSc1c(CC(=O)O)n(Cc2ccc(Cl)cc2)c2ccc(F)c(C)c12. The van der Waals surface area contributed by atoms with E-state index in [0.717, 1.165) is 21.4 Å². The summed E-state index contributed by atoms with van der Waals surface area (Å²) in [5.41, 5.74) is 3.08. The lowest BCUT2D eigenvalue weighted by Gasteiger charge is -2.11. The largest absolute Gasteiger partial charge is 0.481 e. The summed E-state index contributed by atoms with van der Waals surface area (Å²) in [6.07, 6.45) is 1.77. The van der Waals surface area contributed by atoms with Gasteiger partial charge in [0.05, 0.1) is 11.9 Å². The van der Waals surface area contributed by atoms with E-state index in [1.165, 1.54) is 17.8 Å². The number of halogens is 2. The first kappa shape index (κ1) is 17.8. The Balaban J connectivity index is 2.25. The first-order chi connectivity index (χ1) is 11.9. The third-order valence-corrected chi connectivity index (χ3v) is 5.36. The van der Waals surface area contributed by atoms with E-state index in [-0.39, 0.29) is 12.2 Å². The molecule has 0 aliphatic heterocycles. The van der Waals surface area contributed by atoms with Crippen molar-refractivity contribution in [3.8, 4) is 0 Å². The summed E-state index contributed by atoms with van der Waals surface area (Å²) >= 11 is 7.40. The van der Waals surface area contributed by atoms with Gasteiger partial charge in [-0.25, -0.2) is 4.39 Å². The Bertz CT molecular complexity index is 950. The molecule has 0 fully saturated rings. The lowest BCUT2D eigenvalue weighted by molar-refractivity contribution is -0.136. The second-order valence-corrected chi connectivity index (χ2v) is 7.08. The minimum atomic E-state index is -0.909. The Labute approximate surface area is 154 Å². The smallest absolute Gasteiger partial charge is 0.309 e. The number of aryl methyl sites for hydroxylation is 1. The number of hydrogen-bond acceptors (Lipinski definition) is 2. The van der Waals surface area contributed by atoms with Gasteiger partial charge in [-0.1, -0.05) is 23.7 Å². The molecule has 0 spiro atoms. The van der Waals surface area contributed by atoms with Gasteiger partial charge in [-0.2, -0.15) is 0 Å². The van der Waals surface area contributed by atoms with Crippen molar-refractivity contribution in [1.29, 1.82) is 0 Å². The second-order valence-electron chi connectivity index (χ2n) is 5.83. The number of benzene rings is 2. The Kier molecular flexibility index (Phi) is 5.06. The molecule has 1 aromatic heterocycles. The first-order valence-corrected chi connectivity index (χ1v) is 9.33. The van der Waals surface area contributed by atoms with Crippen molar-refractivity contribution in [2.75, 3.05) is 6.26 Å². The maximum atomic E-state index is 14.1. The van der Waals surface area contributed by atoms with E-state index in [9.17, 15) is 14.3 Å². The molecule has 3 rings (SSSR count). The lowest BCUT2D eigenvalue weighted by Crippen LogP contribution is -2.10. The Morgan fingerprint density at radius 3 is 2.52 bits per heavy atom. The number of aromatic nitrogens is 1. The molecule has 130 valence electrons. The van der Waals surface area contributed by atoms with E-state index in [1.54, 1.807) is 25.1 Å². The van der Waals surface area contributed by atoms with Crippen LogP contribution in [0.4, 0.5) is 4.39 Å². The predicted octanol–water partition coefficient (Wildman–Crippen LogP) is 5.14. The summed E-state index contributed by atoms with van der Waals surface area (Å²) in [4.78, 5) is 12.2. The zero-order valence-electron chi connectivity index (χ0n) is 13.8. The van der Waals surface area contributed by atoms with E-state index in [0.29, 0.717) is 22.8 Å². The molecule has 2 aromatic carbocycles. The molecule has 0 unspecified atom stereocenters. The summed E-state index contributed by atoms with van der Waals surface area (Å²) in [6, 6.07) is 10.6. The number of aliphatic carboxylic acids is 1. The van der Waals surface area contributed by atoms with Crippen molar-refractivity contribution in [3.05, 3.63) is 64.1 Å². The highest BCUT2D eigenvalue weighted by Gasteiger charge is 2.21. The van der Waals surface area contributed by atoms with Gasteiger partial charge in [0.25, 0.3) is 0 Å². The maximum Gasteiger partial charge on any atom is 0.309 e. The van der Waals surface area contributed by atoms with Crippen LogP contribution in [0.15, 0.2) is 41.3 Å². The number of carboxylic acid groups (broad SMARTS) is 1. The molecular weight excluding hydrogens is 361 g/mol. The molecule has 0 amide bonds. The van der Waals surface area contributed by atoms with Gasteiger partial charge in [0.15, 0.2) is 0 Å².